The van der Waals surface area contributed by atoms with Gasteiger partial charge in [-0.05, 0) is 25.5 Å². The van der Waals surface area contributed by atoms with E-state index in [0.29, 0.717) is 32.8 Å². The van der Waals surface area contributed by atoms with E-state index in [-0.39, 0.29) is 24.1 Å². The van der Waals surface area contributed by atoms with Gasteiger partial charge in [-0.2, -0.15) is 0 Å². The van der Waals surface area contributed by atoms with Crippen LogP contribution in [0.3, 0.4) is 0 Å². The number of morpholine rings is 1. The molecule has 0 bridgehead atoms. The Morgan fingerprint density at radius 1 is 1.29 bits per heavy atom. The molecule has 1 heterocycles. The molecule has 1 aromatic carbocycles. The van der Waals surface area contributed by atoms with E-state index in [1.165, 1.54) is 5.56 Å². The molecule has 0 aromatic heterocycles. The van der Waals surface area contributed by atoms with Crippen molar-refractivity contribution in [3.8, 4) is 0 Å². The molecule has 28 heavy (non-hydrogen) atoms. The van der Waals surface area contributed by atoms with Gasteiger partial charge in [0.15, 0.2) is 0 Å². The van der Waals surface area contributed by atoms with E-state index in [9.17, 15) is 9.59 Å². The third kappa shape index (κ3) is 5.94. The SMILES string of the molecule is CCC(CC)(CNC(=O)N1CCOC(CN(C)CC(=O)O)C1)c1ccccc1. The summed E-state index contributed by atoms with van der Waals surface area (Å²) in [4.78, 5) is 27.1. The van der Waals surface area contributed by atoms with Crippen LogP contribution in [0.4, 0.5) is 4.79 Å². The van der Waals surface area contributed by atoms with Crippen molar-refractivity contribution in [1.29, 1.82) is 0 Å². The molecular formula is C21H33N3O4. The third-order valence-corrected chi connectivity index (χ3v) is 5.66. The summed E-state index contributed by atoms with van der Waals surface area (Å²) in [6.07, 6.45) is 1.71. The first-order chi connectivity index (χ1) is 13.4. The summed E-state index contributed by atoms with van der Waals surface area (Å²) >= 11 is 0. The second-order valence-electron chi connectivity index (χ2n) is 7.54. The fourth-order valence-electron chi connectivity index (χ4n) is 3.82. The van der Waals surface area contributed by atoms with Crippen molar-refractivity contribution in [1.82, 2.24) is 15.1 Å². The Hall–Kier alpha value is -2.12. The molecule has 1 aliphatic rings. The number of carbonyl (C=O) groups is 2. The third-order valence-electron chi connectivity index (χ3n) is 5.66. The standard InChI is InChI=1S/C21H33N3O4/c1-4-21(5-2,17-9-7-6-8-10-17)16-22-20(27)24-11-12-28-18(14-24)13-23(3)15-19(25)26/h6-10,18H,4-5,11-16H2,1-3H3,(H,22,27)(H,25,26). The van der Waals surface area contributed by atoms with Crippen LogP contribution >= 0.6 is 0 Å². The van der Waals surface area contributed by atoms with E-state index in [1.54, 1.807) is 16.8 Å². The lowest BCUT2D eigenvalue weighted by molar-refractivity contribution is -0.138. The van der Waals surface area contributed by atoms with Crippen LogP contribution in [-0.4, -0.2) is 79.4 Å². The highest BCUT2D eigenvalue weighted by Crippen LogP contribution is 2.30. The highest BCUT2D eigenvalue weighted by atomic mass is 16.5. The number of carbonyl (C=O) groups excluding carboxylic acids is 1. The number of hydrogen-bond acceptors (Lipinski definition) is 4. The Morgan fingerprint density at radius 3 is 2.57 bits per heavy atom. The smallest absolute Gasteiger partial charge is 0.317 e. The molecule has 7 nitrogen and oxygen atoms in total. The maximum atomic E-state index is 12.8. The van der Waals surface area contributed by atoms with Crippen LogP contribution in [0.25, 0.3) is 0 Å². The number of amides is 2. The number of urea groups is 1. The lowest BCUT2D eigenvalue weighted by Gasteiger charge is -2.37. The van der Waals surface area contributed by atoms with Crippen LogP contribution < -0.4 is 5.32 Å². The van der Waals surface area contributed by atoms with Crippen LogP contribution in [0, 0.1) is 0 Å². The van der Waals surface area contributed by atoms with E-state index in [2.05, 4.69) is 31.3 Å². The van der Waals surface area contributed by atoms with E-state index in [0.717, 1.165) is 12.8 Å². The highest BCUT2D eigenvalue weighted by molar-refractivity contribution is 5.74. The lowest BCUT2D eigenvalue weighted by Crippen LogP contribution is -2.54. The molecule has 1 atom stereocenters. The van der Waals surface area contributed by atoms with Gasteiger partial charge in [-0.25, -0.2) is 4.79 Å². The van der Waals surface area contributed by atoms with Crippen molar-refractivity contribution in [2.45, 2.75) is 38.2 Å². The lowest BCUT2D eigenvalue weighted by atomic mass is 9.76. The minimum Gasteiger partial charge on any atom is -0.480 e. The monoisotopic (exact) mass is 391 g/mol. The predicted molar refractivity (Wildman–Crippen MR) is 109 cm³/mol. The van der Waals surface area contributed by atoms with E-state index >= 15 is 0 Å². The molecule has 1 fully saturated rings. The van der Waals surface area contributed by atoms with Gasteiger partial charge in [0.2, 0.25) is 0 Å². The fraction of sp³-hybridized carbons (Fsp3) is 0.619. The molecule has 2 amide bonds. The molecular weight excluding hydrogens is 358 g/mol. The molecule has 0 saturated carbocycles. The number of benzene rings is 1. The van der Waals surface area contributed by atoms with E-state index in [1.807, 2.05) is 18.2 Å². The summed E-state index contributed by atoms with van der Waals surface area (Å²) in [5.41, 5.74) is 1.17. The van der Waals surface area contributed by atoms with Gasteiger partial charge in [0.05, 0.1) is 19.3 Å². The second kappa shape index (κ2) is 10.4. The van der Waals surface area contributed by atoms with Crippen LogP contribution in [0.15, 0.2) is 30.3 Å². The molecule has 1 saturated heterocycles. The van der Waals surface area contributed by atoms with Gasteiger partial charge in [0.1, 0.15) is 0 Å². The summed E-state index contributed by atoms with van der Waals surface area (Å²) in [7, 11) is 1.74. The number of hydrogen-bond donors (Lipinski definition) is 2. The van der Waals surface area contributed by atoms with Crippen molar-refractivity contribution in [3.05, 3.63) is 35.9 Å². The van der Waals surface area contributed by atoms with Crippen molar-refractivity contribution in [2.75, 3.05) is 46.4 Å². The largest absolute Gasteiger partial charge is 0.480 e. The zero-order chi connectivity index (χ0) is 20.6. The normalized spacial score (nSPS) is 17.6. The Labute approximate surface area is 167 Å². The molecule has 1 aromatic rings. The Morgan fingerprint density at radius 2 is 1.96 bits per heavy atom. The zero-order valence-electron chi connectivity index (χ0n) is 17.2. The second-order valence-corrected chi connectivity index (χ2v) is 7.54. The number of rotatable bonds is 9. The minimum atomic E-state index is -0.871. The van der Waals surface area contributed by atoms with Gasteiger partial charge in [0, 0.05) is 31.6 Å². The van der Waals surface area contributed by atoms with Crippen molar-refractivity contribution in [2.24, 2.45) is 0 Å². The summed E-state index contributed by atoms with van der Waals surface area (Å²) in [6, 6.07) is 10.3. The van der Waals surface area contributed by atoms with Crippen LogP contribution in [0.5, 0.6) is 0 Å². The molecule has 1 aliphatic heterocycles. The number of carboxylic acid groups (broad SMARTS) is 1. The first-order valence-corrected chi connectivity index (χ1v) is 10.0. The van der Waals surface area contributed by atoms with Gasteiger partial charge in [-0.3, -0.25) is 9.69 Å². The van der Waals surface area contributed by atoms with Gasteiger partial charge >= 0.3 is 12.0 Å². The number of likely N-dealkylation sites (N-methyl/N-ethyl adjacent to an activating group) is 1. The fourth-order valence-corrected chi connectivity index (χ4v) is 3.82. The molecule has 0 aliphatic carbocycles. The van der Waals surface area contributed by atoms with Crippen LogP contribution in [-0.2, 0) is 14.9 Å². The Kier molecular flexibility index (Phi) is 8.26. The molecule has 0 radical (unpaired) electrons. The number of carboxylic acids is 1. The van der Waals surface area contributed by atoms with Gasteiger partial charge in [-0.15, -0.1) is 0 Å². The first kappa shape index (κ1) is 22.2. The molecule has 2 N–H and O–H groups in total. The van der Waals surface area contributed by atoms with Crippen LogP contribution in [0.1, 0.15) is 32.3 Å². The van der Waals surface area contributed by atoms with Gasteiger partial charge < -0.3 is 20.1 Å². The Balaban J connectivity index is 1.93. The van der Waals surface area contributed by atoms with Gasteiger partial charge in [0.25, 0.3) is 0 Å². The zero-order valence-corrected chi connectivity index (χ0v) is 17.2. The quantitative estimate of drug-likeness (QED) is 0.674. The molecule has 156 valence electrons. The first-order valence-electron chi connectivity index (χ1n) is 10.0. The highest BCUT2D eigenvalue weighted by Gasteiger charge is 2.31. The summed E-state index contributed by atoms with van der Waals surface area (Å²) < 4.78 is 5.71. The van der Waals surface area contributed by atoms with E-state index in [4.69, 9.17) is 9.84 Å². The number of aliphatic carboxylic acids is 1. The predicted octanol–water partition coefficient (Wildman–Crippen LogP) is 2.17. The maximum absolute atomic E-state index is 12.8. The van der Waals surface area contributed by atoms with Crippen LogP contribution in [0.2, 0.25) is 0 Å². The minimum absolute atomic E-state index is 0.0430. The summed E-state index contributed by atoms with van der Waals surface area (Å²) in [6.45, 7) is 6.81. The van der Waals surface area contributed by atoms with Gasteiger partial charge in [-0.1, -0.05) is 44.2 Å². The van der Waals surface area contributed by atoms with Crippen molar-refractivity contribution in [3.63, 3.8) is 0 Å². The average molecular weight is 392 g/mol. The van der Waals surface area contributed by atoms with E-state index < -0.39 is 5.97 Å². The summed E-state index contributed by atoms with van der Waals surface area (Å²) in [5, 5.41) is 12.0. The van der Waals surface area contributed by atoms with Crippen molar-refractivity contribution < 1.29 is 19.4 Å². The number of nitrogens with one attached hydrogen (secondary N) is 1. The summed E-state index contributed by atoms with van der Waals surface area (Å²) in [5.74, 6) is -0.871. The maximum Gasteiger partial charge on any atom is 0.317 e. The number of ether oxygens (including phenoxy) is 1. The van der Waals surface area contributed by atoms with Crippen molar-refractivity contribution >= 4 is 12.0 Å². The Bertz CT molecular complexity index is 634. The number of nitrogens with zero attached hydrogens (tertiary/aromatic N) is 2. The molecule has 1 unspecified atom stereocenters. The molecule has 2 rings (SSSR count). The molecule has 0 spiro atoms. The average Bonchev–Trinajstić information content (AvgIpc) is 2.69. The molecule has 7 heteroatoms. The topological polar surface area (TPSA) is 82.1 Å².